The summed E-state index contributed by atoms with van der Waals surface area (Å²) in [4.78, 5) is 66.1. The minimum atomic E-state index is -1.06. The smallest absolute Gasteiger partial charge is 0.335 e. The molecule has 13 nitrogen and oxygen atoms in total. The van der Waals surface area contributed by atoms with Gasteiger partial charge in [0.05, 0.1) is 39.5 Å². The lowest BCUT2D eigenvalue weighted by molar-refractivity contribution is 0.0686. The Kier molecular flexibility index (Phi) is 10.4. The monoisotopic (exact) mass is 832 g/mol. The largest absolute Gasteiger partial charge is 0.478 e. The van der Waals surface area contributed by atoms with Crippen molar-refractivity contribution in [3.05, 3.63) is 166 Å². The lowest BCUT2D eigenvalue weighted by Gasteiger charge is -2.08. The fraction of sp³-hybridized carbons (Fsp3) is 0.0400. The molecule has 0 spiro atoms. The maximum absolute atomic E-state index is 12.9. The maximum atomic E-state index is 12.9. The van der Waals surface area contributed by atoms with E-state index in [4.69, 9.17) is 15.7 Å². The van der Waals surface area contributed by atoms with E-state index in [1.54, 1.807) is 72.8 Å². The van der Waals surface area contributed by atoms with Gasteiger partial charge in [-0.1, -0.05) is 48.5 Å². The molecule has 8 bridgehead atoms. The highest BCUT2D eigenvalue weighted by Gasteiger charge is 2.20. The van der Waals surface area contributed by atoms with E-state index in [2.05, 4.69) is 15.3 Å². The number of aromatic carboxylic acids is 3. The Labute approximate surface area is 358 Å². The van der Waals surface area contributed by atoms with Gasteiger partial charge in [-0.25, -0.2) is 24.4 Å². The molecule has 0 radical (unpaired) electrons. The molecule has 0 saturated heterocycles. The summed E-state index contributed by atoms with van der Waals surface area (Å²) in [5.74, 6) is -3.42. The van der Waals surface area contributed by atoms with Crippen LogP contribution in [-0.4, -0.2) is 72.2 Å². The molecule has 9 rings (SSSR count). The zero-order valence-electron chi connectivity index (χ0n) is 33.2. The van der Waals surface area contributed by atoms with Gasteiger partial charge >= 0.3 is 17.9 Å². The van der Waals surface area contributed by atoms with E-state index >= 15 is 0 Å². The van der Waals surface area contributed by atoms with Gasteiger partial charge in [0.2, 0.25) is 0 Å². The Morgan fingerprint density at radius 2 is 0.698 bits per heavy atom. The van der Waals surface area contributed by atoms with E-state index in [0.717, 1.165) is 11.1 Å². The van der Waals surface area contributed by atoms with Crippen molar-refractivity contribution in [1.82, 2.24) is 25.3 Å². The van der Waals surface area contributed by atoms with Crippen LogP contribution in [0, 0.1) is 0 Å². The van der Waals surface area contributed by atoms with Gasteiger partial charge in [0.1, 0.15) is 0 Å². The molecule has 308 valence electrons. The minimum Gasteiger partial charge on any atom is -0.478 e. The SMILES string of the molecule is NCCNC(=O)c1ccc(-c2c3nc(c(-c4ccc(C(=O)O)cc4)c4ccc([nH]4)c(-c4ccc(C(=O)O)cc4)c4nc(c(-c5ccc(C(=O)O)cc5)c5ccc2[nH]5)C=C4)C=C3)cc1. The van der Waals surface area contributed by atoms with Crippen molar-refractivity contribution in [3.8, 4) is 44.5 Å². The standard InChI is InChI=1S/C50H36N6O7/c51-25-26-52-47(57)31-9-1-27(2-10-31)43-35-17-19-37(53-35)44(28-3-11-32(12-4-28)48(58)59)39-21-23-41(55-39)46(30-7-15-34(16-8-30)50(62)63)42-24-22-40(56-42)45(38-20-18-36(43)54-38)29-5-13-33(14-6-29)49(60)61/h1-24,53,56H,25-26,51H2,(H,52,57)(H,58,59)(H,60,61)(H,62,63). The van der Waals surface area contributed by atoms with Gasteiger partial charge < -0.3 is 36.3 Å². The molecule has 0 atom stereocenters. The van der Waals surface area contributed by atoms with Crippen LogP contribution in [0.3, 0.4) is 0 Å². The molecule has 0 fully saturated rings. The molecular formula is C50H36N6O7. The Morgan fingerprint density at radius 3 is 0.952 bits per heavy atom. The van der Waals surface area contributed by atoms with Gasteiger partial charge in [-0.3, -0.25) is 4.79 Å². The first-order valence-corrected chi connectivity index (χ1v) is 19.8. The average Bonchev–Trinajstić information content (AvgIpc) is 4.15. The third-order valence-electron chi connectivity index (χ3n) is 10.9. The summed E-state index contributed by atoms with van der Waals surface area (Å²) >= 11 is 0. The van der Waals surface area contributed by atoms with Crippen LogP contribution in [0.5, 0.6) is 0 Å². The van der Waals surface area contributed by atoms with Crippen LogP contribution in [0.4, 0.5) is 0 Å². The van der Waals surface area contributed by atoms with Gasteiger partial charge in [-0.15, -0.1) is 0 Å². The second-order valence-electron chi connectivity index (χ2n) is 14.8. The molecule has 2 aliphatic heterocycles. The second kappa shape index (κ2) is 16.4. The van der Waals surface area contributed by atoms with Crippen molar-refractivity contribution >= 4 is 70.2 Å². The normalized spacial score (nSPS) is 11.7. The van der Waals surface area contributed by atoms with Gasteiger partial charge in [0, 0.05) is 63.0 Å². The van der Waals surface area contributed by atoms with Crippen molar-refractivity contribution in [2.24, 2.45) is 5.73 Å². The first kappa shape index (κ1) is 39.8. The number of H-pyrrole nitrogens is 2. The summed E-state index contributed by atoms with van der Waals surface area (Å²) in [6.07, 6.45) is 7.57. The molecule has 2 aliphatic rings. The van der Waals surface area contributed by atoms with E-state index in [-0.39, 0.29) is 22.6 Å². The molecule has 7 aromatic rings. The number of carboxylic acids is 3. The van der Waals surface area contributed by atoms with Crippen molar-refractivity contribution < 1.29 is 34.5 Å². The number of nitrogens with one attached hydrogen (secondary N) is 3. The number of carboxylic acid groups (broad SMARTS) is 3. The zero-order valence-corrected chi connectivity index (χ0v) is 33.2. The third-order valence-corrected chi connectivity index (χ3v) is 10.9. The molecule has 0 aliphatic carbocycles. The van der Waals surface area contributed by atoms with Crippen LogP contribution in [0.25, 0.3) is 90.9 Å². The van der Waals surface area contributed by atoms with Crippen molar-refractivity contribution in [3.63, 3.8) is 0 Å². The summed E-state index contributed by atoms with van der Waals surface area (Å²) in [5.41, 5.74) is 17.1. The van der Waals surface area contributed by atoms with Gasteiger partial charge in [-0.2, -0.15) is 0 Å². The molecule has 8 N–H and O–H groups in total. The number of amides is 1. The minimum absolute atomic E-state index is 0.123. The molecule has 63 heavy (non-hydrogen) atoms. The van der Waals surface area contributed by atoms with Gasteiger partial charge in [0.25, 0.3) is 5.91 Å². The predicted octanol–water partition coefficient (Wildman–Crippen LogP) is 9.11. The fourth-order valence-electron chi connectivity index (χ4n) is 7.83. The molecule has 3 aromatic heterocycles. The van der Waals surface area contributed by atoms with Crippen LogP contribution in [0.2, 0.25) is 0 Å². The fourth-order valence-corrected chi connectivity index (χ4v) is 7.83. The lowest BCUT2D eigenvalue weighted by atomic mass is 10.0. The second-order valence-corrected chi connectivity index (χ2v) is 14.8. The Morgan fingerprint density at radius 1 is 0.429 bits per heavy atom. The maximum Gasteiger partial charge on any atom is 0.335 e. The number of aromatic nitrogens is 4. The number of fused-ring (bicyclic) bond motifs is 8. The van der Waals surface area contributed by atoms with Crippen molar-refractivity contribution in [2.45, 2.75) is 0 Å². The van der Waals surface area contributed by atoms with Crippen LogP contribution < -0.4 is 11.1 Å². The number of hydrogen-bond acceptors (Lipinski definition) is 7. The van der Waals surface area contributed by atoms with E-state index in [0.29, 0.717) is 96.9 Å². The topological polar surface area (TPSA) is 224 Å². The number of hydrogen-bond donors (Lipinski definition) is 7. The third kappa shape index (κ3) is 7.67. The van der Waals surface area contributed by atoms with Gasteiger partial charge in [0.15, 0.2) is 0 Å². The van der Waals surface area contributed by atoms with E-state index in [9.17, 15) is 34.5 Å². The van der Waals surface area contributed by atoms with E-state index in [1.165, 1.54) is 12.1 Å². The molecule has 0 saturated carbocycles. The molecule has 0 unspecified atom stereocenters. The molecule has 4 aromatic carbocycles. The molecule has 1 amide bonds. The highest BCUT2D eigenvalue weighted by atomic mass is 16.4. The van der Waals surface area contributed by atoms with Crippen molar-refractivity contribution in [1.29, 1.82) is 0 Å². The zero-order chi connectivity index (χ0) is 43.8. The Hall–Kier alpha value is -8.68. The van der Waals surface area contributed by atoms with E-state index < -0.39 is 17.9 Å². The van der Waals surface area contributed by atoms with Crippen LogP contribution >= 0.6 is 0 Å². The summed E-state index contributed by atoms with van der Waals surface area (Å²) in [5, 5.41) is 32.0. The number of carbonyl (C=O) groups excluding carboxylic acids is 1. The number of aromatic amines is 2. The van der Waals surface area contributed by atoms with Crippen LogP contribution in [0.15, 0.2) is 121 Å². The Balaban J connectivity index is 1.40. The molecule has 13 heteroatoms. The van der Waals surface area contributed by atoms with E-state index in [1.807, 2.05) is 60.7 Å². The lowest BCUT2D eigenvalue weighted by Crippen LogP contribution is -2.28. The summed E-state index contributed by atoms with van der Waals surface area (Å²) < 4.78 is 0. The number of nitrogens with zero attached hydrogens (tertiary/aromatic N) is 2. The summed E-state index contributed by atoms with van der Waals surface area (Å²) in [6, 6.07) is 34.5. The highest BCUT2D eigenvalue weighted by Crippen LogP contribution is 2.38. The number of carbonyl (C=O) groups is 4. The first-order valence-electron chi connectivity index (χ1n) is 19.8. The van der Waals surface area contributed by atoms with Crippen molar-refractivity contribution in [2.75, 3.05) is 13.1 Å². The quantitative estimate of drug-likeness (QED) is 0.0692. The predicted molar refractivity (Wildman–Crippen MR) is 243 cm³/mol. The summed E-state index contributed by atoms with van der Waals surface area (Å²) in [6.45, 7) is 0.640. The van der Waals surface area contributed by atoms with Crippen LogP contribution in [-0.2, 0) is 0 Å². The van der Waals surface area contributed by atoms with Gasteiger partial charge in [-0.05, 0) is 119 Å². The molecule has 5 heterocycles. The highest BCUT2D eigenvalue weighted by molar-refractivity contribution is 6.01. The average molecular weight is 833 g/mol. The number of nitrogens with two attached hydrogens (primary N) is 1. The first-order chi connectivity index (χ1) is 30.6. The number of benzene rings is 4. The summed E-state index contributed by atoms with van der Waals surface area (Å²) in [7, 11) is 0. The van der Waals surface area contributed by atoms with Crippen LogP contribution in [0.1, 0.15) is 64.2 Å². The Bertz CT molecular complexity index is 3180. The molecular weight excluding hydrogens is 797 g/mol. The number of rotatable bonds is 10.